The summed E-state index contributed by atoms with van der Waals surface area (Å²) in [6.45, 7) is 6.63. The molecule has 1 aliphatic heterocycles. The van der Waals surface area contributed by atoms with E-state index >= 15 is 0 Å². The van der Waals surface area contributed by atoms with Gasteiger partial charge in [-0.05, 0) is 44.5 Å². The van der Waals surface area contributed by atoms with E-state index in [0.29, 0.717) is 24.2 Å². The largest absolute Gasteiger partial charge is 0.465 e. The van der Waals surface area contributed by atoms with Crippen molar-refractivity contribution < 1.29 is 17.9 Å². The van der Waals surface area contributed by atoms with E-state index in [0.717, 1.165) is 0 Å². The van der Waals surface area contributed by atoms with Crippen LogP contribution in [-0.4, -0.2) is 51.0 Å². The van der Waals surface area contributed by atoms with Gasteiger partial charge >= 0.3 is 5.97 Å². The van der Waals surface area contributed by atoms with Gasteiger partial charge in [-0.15, -0.1) is 0 Å². The van der Waals surface area contributed by atoms with Gasteiger partial charge < -0.3 is 10.1 Å². The summed E-state index contributed by atoms with van der Waals surface area (Å²) >= 11 is 0. The highest BCUT2D eigenvalue weighted by molar-refractivity contribution is 7.89. The second-order valence-electron chi connectivity index (χ2n) is 5.57. The van der Waals surface area contributed by atoms with E-state index in [-0.39, 0.29) is 17.0 Å². The lowest BCUT2D eigenvalue weighted by molar-refractivity contribution is 0.0600. The maximum atomic E-state index is 12.8. The number of carbonyl (C=O) groups is 1. The van der Waals surface area contributed by atoms with E-state index < -0.39 is 16.0 Å². The first-order chi connectivity index (χ1) is 10.3. The highest BCUT2D eigenvalue weighted by atomic mass is 32.2. The summed E-state index contributed by atoms with van der Waals surface area (Å²) < 4.78 is 31.9. The lowest BCUT2D eigenvalue weighted by Gasteiger charge is -2.37. The number of benzene rings is 1. The SMILES string of the molecule is COC(=O)c1ccc(S(=O)(=O)N2CCNC(C)C2C)cc1C. The Hall–Kier alpha value is -1.44. The smallest absolute Gasteiger partial charge is 0.338 e. The second-order valence-corrected chi connectivity index (χ2v) is 7.46. The highest BCUT2D eigenvalue weighted by Gasteiger charge is 2.34. The Morgan fingerprint density at radius 1 is 1.36 bits per heavy atom. The van der Waals surface area contributed by atoms with E-state index in [1.54, 1.807) is 6.92 Å². The third-order valence-corrected chi connectivity index (χ3v) is 6.17. The molecular weight excluding hydrogens is 304 g/mol. The molecule has 2 rings (SSSR count). The molecule has 1 saturated heterocycles. The van der Waals surface area contributed by atoms with Crippen LogP contribution in [0.5, 0.6) is 0 Å². The third kappa shape index (κ3) is 3.02. The van der Waals surface area contributed by atoms with Crippen LogP contribution in [0.4, 0.5) is 0 Å². The number of sulfonamides is 1. The van der Waals surface area contributed by atoms with E-state index in [9.17, 15) is 13.2 Å². The molecule has 1 N–H and O–H groups in total. The van der Waals surface area contributed by atoms with Crippen LogP contribution in [0.2, 0.25) is 0 Å². The molecule has 22 heavy (non-hydrogen) atoms. The average Bonchev–Trinajstić information content (AvgIpc) is 2.49. The minimum atomic E-state index is -3.57. The summed E-state index contributed by atoms with van der Waals surface area (Å²) in [7, 11) is -2.27. The minimum absolute atomic E-state index is 0.0963. The molecule has 1 aromatic carbocycles. The summed E-state index contributed by atoms with van der Waals surface area (Å²) in [6, 6.07) is 4.47. The van der Waals surface area contributed by atoms with Crippen LogP contribution in [0.3, 0.4) is 0 Å². The third-order valence-electron chi connectivity index (χ3n) is 4.19. The Balaban J connectivity index is 2.38. The average molecular weight is 326 g/mol. The molecule has 0 amide bonds. The molecule has 0 radical (unpaired) electrons. The van der Waals surface area contributed by atoms with Crippen LogP contribution >= 0.6 is 0 Å². The zero-order chi connectivity index (χ0) is 16.5. The molecule has 0 spiro atoms. The molecule has 2 atom stereocenters. The van der Waals surface area contributed by atoms with E-state index in [4.69, 9.17) is 0 Å². The van der Waals surface area contributed by atoms with Gasteiger partial charge in [-0.1, -0.05) is 0 Å². The normalized spacial score (nSPS) is 23.3. The maximum absolute atomic E-state index is 12.8. The fourth-order valence-corrected chi connectivity index (χ4v) is 4.42. The van der Waals surface area contributed by atoms with Crippen molar-refractivity contribution in [2.45, 2.75) is 37.8 Å². The molecule has 0 saturated carbocycles. The van der Waals surface area contributed by atoms with Gasteiger partial charge in [-0.3, -0.25) is 0 Å². The molecule has 0 bridgehead atoms. The summed E-state index contributed by atoms with van der Waals surface area (Å²) in [4.78, 5) is 11.8. The van der Waals surface area contributed by atoms with Crippen LogP contribution in [-0.2, 0) is 14.8 Å². The number of esters is 1. The quantitative estimate of drug-likeness (QED) is 0.844. The van der Waals surface area contributed by atoms with E-state index in [2.05, 4.69) is 10.1 Å². The Labute approximate surface area is 131 Å². The number of carbonyl (C=O) groups excluding carboxylic acids is 1. The monoisotopic (exact) mass is 326 g/mol. The van der Waals surface area contributed by atoms with Crippen molar-refractivity contribution >= 4 is 16.0 Å². The molecule has 1 aliphatic rings. The lowest BCUT2D eigenvalue weighted by Crippen LogP contribution is -2.57. The van der Waals surface area contributed by atoms with Gasteiger partial charge in [0.05, 0.1) is 17.6 Å². The number of piperazine rings is 1. The Morgan fingerprint density at radius 2 is 2.05 bits per heavy atom. The van der Waals surface area contributed by atoms with Crippen LogP contribution in [0.25, 0.3) is 0 Å². The van der Waals surface area contributed by atoms with Crippen molar-refractivity contribution in [1.29, 1.82) is 0 Å². The summed E-state index contributed by atoms with van der Waals surface area (Å²) in [5.74, 6) is -0.467. The van der Waals surface area contributed by atoms with Crippen molar-refractivity contribution in [2.24, 2.45) is 0 Å². The molecule has 0 aromatic heterocycles. The summed E-state index contributed by atoms with van der Waals surface area (Å²) in [5.41, 5.74) is 0.965. The predicted molar refractivity (Wildman–Crippen MR) is 83.3 cm³/mol. The van der Waals surface area contributed by atoms with Gasteiger partial charge in [-0.25, -0.2) is 13.2 Å². The zero-order valence-electron chi connectivity index (χ0n) is 13.3. The number of hydrogen-bond acceptors (Lipinski definition) is 5. The van der Waals surface area contributed by atoms with Crippen LogP contribution in [0.15, 0.2) is 23.1 Å². The maximum Gasteiger partial charge on any atom is 0.338 e. The fourth-order valence-electron chi connectivity index (χ4n) is 2.64. The number of nitrogens with zero attached hydrogens (tertiary/aromatic N) is 1. The predicted octanol–water partition coefficient (Wildman–Crippen LogP) is 1.15. The zero-order valence-corrected chi connectivity index (χ0v) is 14.1. The van der Waals surface area contributed by atoms with E-state index in [1.165, 1.54) is 29.6 Å². The molecule has 0 aliphatic carbocycles. The molecule has 2 unspecified atom stereocenters. The Bertz CT molecular complexity index is 672. The lowest BCUT2D eigenvalue weighted by atomic mass is 10.1. The number of aryl methyl sites for hydroxylation is 1. The molecule has 1 heterocycles. The minimum Gasteiger partial charge on any atom is -0.465 e. The number of methoxy groups -OCH3 is 1. The van der Waals surface area contributed by atoms with Gasteiger partial charge in [0.2, 0.25) is 10.0 Å². The van der Waals surface area contributed by atoms with Gasteiger partial charge in [0.15, 0.2) is 0 Å². The molecule has 1 aromatic rings. The van der Waals surface area contributed by atoms with Gasteiger partial charge in [-0.2, -0.15) is 4.31 Å². The highest BCUT2D eigenvalue weighted by Crippen LogP contribution is 2.23. The van der Waals surface area contributed by atoms with Crippen molar-refractivity contribution in [3.8, 4) is 0 Å². The molecule has 7 heteroatoms. The van der Waals surface area contributed by atoms with Crippen molar-refractivity contribution in [2.75, 3.05) is 20.2 Å². The van der Waals surface area contributed by atoms with Crippen molar-refractivity contribution in [3.63, 3.8) is 0 Å². The first-order valence-electron chi connectivity index (χ1n) is 7.23. The van der Waals surface area contributed by atoms with Gasteiger partial charge in [0, 0.05) is 25.2 Å². The van der Waals surface area contributed by atoms with E-state index in [1.807, 2.05) is 13.8 Å². The number of hydrogen-bond donors (Lipinski definition) is 1. The van der Waals surface area contributed by atoms with Gasteiger partial charge in [0.25, 0.3) is 0 Å². The molecular formula is C15H22N2O4S. The molecule has 122 valence electrons. The van der Waals surface area contributed by atoms with Crippen LogP contribution in [0.1, 0.15) is 29.8 Å². The Morgan fingerprint density at radius 3 is 2.64 bits per heavy atom. The van der Waals surface area contributed by atoms with Crippen molar-refractivity contribution in [1.82, 2.24) is 9.62 Å². The summed E-state index contributed by atoms with van der Waals surface area (Å²) in [5, 5.41) is 3.26. The molecule has 6 nitrogen and oxygen atoms in total. The number of nitrogens with one attached hydrogen (secondary N) is 1. The number of rotatable bonds is 3. The summed E-state index contributed by atoms with van der Waals surface area (Å²) in [6.07, 6.45) is 0. The van der Waals surface area contributed by atoms with Crippen molar-refractivity contribution in [3.05, 3.63) is 29.3 Å². The number of ether oxygens (including phenoxy) is 1. The Kier molecular flexibility index (Phi) is 4.89. The van der Waals surface area contributed by atoms with Gasteiger partial charge in [0.1, 0.15) is 0 Å². The topological polar surface area (TPSA) is 75.7 Å². The first-order valence-corrected chi connectivity index (χ1v) is 8.67. The van der Waals surface area contributed by atoms with Crippen LogP contribution < -0.4 is 5.32 Å². The first kappa shape index (κ1) is 16.9. The second kappa shape index (κ2) is 6.36. The fraction of sp³-hybridized carbons (Fsp3) is 0.533. The standard InChI is InChI=1S/C15H22N2O4S/c1-10-9-13(5-6-14(10)15(18)21-4)22(19,20)17-8-7-16-11(2)12(17)3/h5-6,9,11-12,16H,7-8H2,1-4H3. The molecule has 1 fully saturated rings. The van der Waals surface area contributed by atoms with Crippen LogP contribution in [0, 0.1) is 6.92 Å².